The van der Waals surface area contributed by atoms with Crippen molar-refractivity contribution < 1.29 is 9.53 Å². The molecule has 0 amide bonds. The molecular formula is C16H30O2S. The Labute approximate surface area is 124 Å². The smallest absolute Gasteiger partial charge is 0.313 e. The average molecular weight is 286 g/mol. The molecule has 19 heavy (non-hydrogen) atoms. The van der Waals surface area contributed by atoms with Gasteiger partial charge in [0.25, 0.3) is 0 Å². The Morgan fingerprint density at radius 3 is 2.05 bits per heavy atom. The van der Waals surface area contributed by atoms with E-state index in [9.17, 15) is 4.79 Å². The molecule has 1 aliphatic carbocycles. The highest BCUT2D eigenvalue weighted by molar-refractivity contribution is 7.80. The molecule has 0 heterocycles. The number of carbonyl (C=O) groups is 1. The van der Waals surface area contributed by atoms with E-state index in [4.69, 9.17) is 4.74 Å². The van der Waals surface area contributed by atoms with E-state index in [0.717, 1.165) is 32.1 Å². The van der Waals surface area contributed by atoms with Crippen LogP contribution in [0.2, 0.25) is 0 Å². The fourth-order valence-corrected chi connectivity index (χ4v) is 3.10. The monoisotopic (exact) mass is 286 g/mol. The molecule has 0 spiro atoms. The van der Waals surface area contributed by atoms with E-state index in [2.05, 4.69) is 33.4 Å². The molecule has 2 nitrogen and oxygen atoms in total. The van der Waals surface area contributed by atoms with Gasteiger partial charge in [-0.05, 0) is 39.0 Å². The molecule has 3 heteroatoms. The van der Waals surface area contributed by atoms with Crippen molar-refractivity contribution in [1.29, 1.82) is 0 Å². The van der Waals surface area contributed by atoms with Gasteiger partial charge < -0.3 is 4.74 Å². The van der Waals surface area contributed by atoms with Crippen LogP contribution in [0, 0.1) is 10.8 Å². The third-order valence-corrected chi connectivity index (χ3v) is 5.64. The quantitative estimate of drug-likeness (QED) is 0.602. The van der Waals surface area contributed by atoms with Crippen LogP contribution in [0.4, 0.5) is 0 Å². The number of ether oxygens (including phenoxy) is 1. The minimum Gasteiger partial charge on any atom is -0.458 e. The number of esters is 1. The van der Waals surface area contributed by atoms with Crippen molar-refractivity contribution in [3.63, 3.8) is 0 Å². The third kappa shape index (κ3) is 3.48. The summed E-state index contributed by atoms with van der Waals surface area (Å²) in [6.07, 6.45) is 6.34. The molecule has 0 aliphatic heterocycles. The summed E-state index contributed by atoms with van der Waals surface area (Å²) in [6.45, 7) is 10.6. The first-order chi connectivity index (χ1) is 8.71. The van der Waals surface area contributed by atoms with Gasteiger partial charge >= 0.3 is 5.97 Å². The van der Waals surface area contributed by atoms with E-state index in [1.54, 1.807) is 0 Å². The van der Waals surface area contributed by atoms with Gasteiger partial charge in [-0.15, -0.1) is 0 Å². The fraction of sp³-hybridized carbons (Fsp3) is 0.938. The van der Waals surface area contributed by atoms with Crippen LogP contribution >= 0.6 is 12.6 Å². The lowest BCUT2D eigenvalue weighted by Crippen LogP contribution is -2.50. The summed E-state index contributed by atoms with van der Waals surface area (Å²) in [5, 5.41) is 0. The molecule has 1 atom stereocenters. The first-order valence-electron chi connectivity index (χ1n) is 7.55. The minimum absolute atomic E-state index is 0.00562. The molecular weight excluding hydrogens is 256 g/mol. The summed E-state index contributed by atoms with van der Waals surface area (Å²) in [7, 11) is 0. The largest absolute Gasteiger partial charge is 0.458 e. The topological polar surface area (TPSA) is 26.3 Å². The van der Waals surface area contributed by atoms with Crippen LogP contribution in [-0.4, -0.2) is 17.3 Å². The van der Waals surface area contributed by atoms with Crippen molar-refractivity contribution in [2.75, 3.05) is 5.75 Å². The van der Waals surface area contributed by atoms with Crippen LogP contribution in [0.25, 0.3) is 0 Å². The normalized spacial score (nSPS) is 22.6. The van der Waals surface area contributed by atoms with Gasteiger partial charge in [-0.1, -0.05) is 34.1 Å². The summed E-state index contributed by atoms with van der Waals surface area (Å²) in [4.78, 5) is 12.6. The van der Waals surface area contributed by atoms with Crippen LogP contribution in [0.15, 0.2) is 0 Å². The van der Waals surface area contributed by atoms with Crippen molar-refractivity contribution in [3.8, 4) is 0 Å². The number of carbonyl (C=O) groups excluding carboxylic acids is 1. The summed E-state index contributed by atoms with van der Waals surface area (Å²) >= 11 is 4.34. The van der Waals surface area contributed by atoms with E-state index in [-0.39, 0.29) is 17.0 Å². The molecule has 0 radical (unpaired) electrons. The van der Waals surface area contributed by atoms with E-state index >= 15 is 0 Å². The Bertz CT molecular complexity index is 307. The number of rotatable bonds is 4. The minimum atomic E-state index is -0.460. The second kappa shape index (κ2) is 6.07. The third-order valence-electron chi connectivity index (χ3n) is 4.94. The van der Waals surface area contributed by atoms with Crippen molar-refractivity contribution >= 4 is 18.6 Å². The van der Waals surface area contributed by atoms with Crippen molar-refractivity contribution in [2.45, 2.75) is 78.7 Å². The molecule has 1 rings (SSSR count). The van der Waals surface area contributed by atoms with Crippen molar-refractivity contribution in [2.24, 2.45) is 10.8 Å². The predicted molar refractivity (Wildman–Crippen MR) is 83.6 cm³/mol. The molecule has 1 fully saturated rings. The SMILES string of the molecule is CCC(C)(CS)C(=O)OC1(C(C)(C)C)CCCCC1. The Hall–Kier alpha value is -0.180. The zero-order valence-corrected chi connectivity index (χ0v) is 14.1. The molecule has 0 aromatic heterocycles. The maximum Gasteiger partial charge on any atom is 0.313 e. The summed E-state index contributed by atoms with van der Waals surface area (Å²) in [5.41, 5.74) is -0.755. The molecule has 0 aromatic carbocycles. The first-order valence-corrected chi connectivity index (χ1v) is 8.18. The van der Waals surface area contributed by atoms with E-state index in [1.165, 1.54) is 6.42 Å². The van der Waals surface area contributed by atoms with Gasteiger partial charge in [0.05, 0.1) is 5.41 Å². The van der Waals surface area contributed by atoms with Crippen LogP contribution < -0.4 is 0 Å². The number of thiol groups is 1. The first kappa shape index (κ1) is 16.9. The molecule has 1 saturated carbocycles. The Morgan fingerprint density at radius 1 is 1.16 bits per heavy atom. The van der Waals surface area contributed by atoms with Crippen molar-refractivity contribution in [1.82, 2.24) is 0 Å². The maximum atomic E-state index is 12.6. The van der Waals surface area contributed by atoms with Gasteiger partial charge in [0.15, 0.2) is 0 Å². The van der Waals surface area contributed by atoms with Crippen LogP contribution in [0.1, 0.15) is 73.1 Å². The van der Waals surface area contributed by atoms with Gasteiger partial charge in [0.1, 0.15) is 5.60 Å². The lowest BCUT2D eigenvalue weighted by atomic mass is 9.68. The number of hydrogen-bond acceptors (Lipinski definition) is 3. The van der Waals surface area contributed by atoms with Gasteiger partial charge in [-0.2, -0.15) is 12.6 Å². The van der Waals surface area contributed by atoms with Gasteiger partial charge in [-0.25, -0.2) is 0 Å². The average Bonchev–Trinajstić information content (AvgIpc) is 2.37. The molecule has 0 bridgehead atoms. The van der Waals surface area contributed by atoms with Gasteiger partial charge in [0, 0.05) is 11.2 Å². The lowest BCUT2D eigenvalue weighted by molar-refractivity contribution is -0.189. The standard InChI is InChI=1S/C16H30O2S/c1-6-15(5,12-19)13(17)18-16(14(2,3)4)10-8-7-9-11-16/h19H,6-12H2,1-5H3. The lowest BCUT2D eigenvalue weighted by Gasteiger charge is -2.48. The Morgan fingerprint density at radius 2 is 1.68 bits per heavy atom. The van der Waals surface area contributed by atoms with Crippen LogP contribution in [-0.2, 0) is 9.53 Å². The highest BCUT2D eigenvalue weighted by Crippen LogP contribution is 2.46. The molecule has 1 unspecified atom stereocenters. The Kier molecular flexibility index (Phi) is 5.39. The Balaban J connectivity index is 2.93. The van der Waals surface area contributed by atoms with E-state index in [0.29, 0.717) is 5.75 Å². The predicted octanol–water partition coefficient (Wildman–Crippen LogP) is 4.62. The summed E-state index contributed by atoms with van der Waals surface area (Å²) < 4.78 is 6.10. The fourth-order valence-electron chi connectivity index (χ4n) is 2.75. The van der Waals surface area contributed by atoms with E-state index in [1.807, 2.05) is 13.8 Å². The molecule has 112 valence electrons. The highest BCUT2D eigenvalue weighted by Gasteiger charge is 2.48. The van der Waals surface area contributed by atoms with Crippen molar-refractivity contribution in [3.05, 3.63) is 0 Å². The molecule has 0 aromatic rings. The van der Waals surface area contributed by atoms with Crippen LogP contribution in [0.5, 0.6) is 0 Å². The van der Waals surface area contributed by atoms with Gasteiger partial charge in [0.2, 0.25) is 0 Å². The zero-order chi connectivity index (χ0) is 14.7. The second-order valence-corrected chi connectivity index (χ2v) is 7.58. The number of hydrogen-bond donors (Lipinski definition) is 1. The zero-order valence-electron chi connectivity index (χ0n) is 13.2. The van der Waals surface area contributed by atoms with E-state index < -0.39 is 5.41 Å². The summed E-state index contributed by atoms with van der Waals surface area (Å²) in [6, 6.07) is 0. The molecule has 0 N–H and O–H groups in total. The van der Waals surface area contributed by atoms with Gasteiger partial charge in [-0.3, -0.25) is 4.79 Å². The second-order valence-electron chi connectivity index (χ2n) is 7.27. The van der Waals surface area contributed by atoms with Crippen LogP contribution in [0.3, 0.4) is 0 Å². The highest BCUT2D eigenvalue weighted by atomic mass is 32.1. The molecule has 1 aliphatic rings. The molecule has 0 saturated heterocycles. The maximum absolute atomic E-state index is 12.6. The summed E-state index contributed by atoms with van der Waals surface area (Å²) in [5.74, 6) is 0.476.